The highest BCUT2D eigenvalue weighted by atomic mass is 32.1. The molecule has 3 heterocycles. The Morgan fingerprint density at radius 3 is 2.83 bits per heavy atom. The molecule has 0 unspecified atom stereocenters. The van der Waals surface area contributed by atoms with Gasteiger partial charge in [-0.25, -0.2) is 4.39 Å². The summed E-state index contributed by atoms with van der Waals surface area (Å²) in [5, 5.41) is 14.5. The molecule has 30 heavy (non-hydrogen) atoms. The number of carbonyl (C=O) groups is 1. The Balaban J connectivity index is 1.62. The number of nitrogens with zero attached hydrogens (tertiary/aromatic N) is 4. The number of hydrogen-bond acceptors (Lipinski definition) is 5. The first-order chi connectivity index (χ1) is 14.5. The van der Waals surface area contributed by atoms with E-state index >= 15 is 0 Å². The molecule has 0 aliphatic carbocycles. The molecule has 0 bridgehead atoms. The number of fused-ring (bicyclic) bond motifs is 1. The zero-order valence-electron chi connectivity index (χ0n) is 16.3. The molecule has 8 heteroatoms. The summed E-state index contributed by atoms with van der Waals surface area (Å²) < 4.78 is 20.4. The summed E-state index contributed by atoms with van der Waals surface area (Å²) in [5.74, 6) is 0.246. The van der Waals surface area contributed by atoms with Crippen LogP contribution in [-0.4, -0.2) is 27.1 Å². The number of aromatic nitrogens is 2. The molecular formula is C22H19FN4O2S. The van der Waals surface area contributed by atoms with Gasteiger partial charge in [0.05, 0.1) is 42.4 Å². The summed E-state index contributed by atoms with van der Waals surface area (Å²) in [6, 6.07) is 13.8. The van der Waals surface area contributed by atoms with E-state index in [0.717, 1.165) is 21.5 Å². The quantitative estimate of drug-likeness (QED) is 0.431. The normalized spacial score (nSPS) is 11.0. The van der Waals surface area contributed by atoms with Crippen LogP contribution in [0.4, 0.5) is 4.39 Å². The van der Waals surface area contributed by atoms with Crippen molar-refractivity contribution in [1.82, 2.24) is 14.7 Å². The van der Waals surface area contributed by atoms with E-state index in [1.807, 2.05) is 23.7 Å². The molecule has 152 valence electrons. The minimum atomic E-state index is -0.279. The van der Waals surface area contributed by atoms with E-state index in [9.17, 15) is 9.18 Å². The Bertz CT molecular complexity index is 1200. The first-order valence-corrected chi connectivity index (χ1v) is 10.3. The topological polar surface area (TPSA) is 75.1 Å². The van der Waals surface area contributed by atoms with E-state index in [0.29, 0.717) is 30.3 Å². The van der Waals surface area contributed by atoms with Gasteiger partial charge in [-0.15, -0.1) is 11.3 Å². The molecule has 0 aliphatic heterocycles. The molecule has 0 atom stereocenters. The van der Waals surface area contributed by atoms with Gasteiger partial charge in [0.25, 0.3) is 5.91 Å². The van der Waals surface area contributed by atoms with Crippen molar-refractivity contribution in [3.8, 4) is 6.07 Å². The van der Waals surface area contributed by atoms with Crippen LogP contribution in [0.25, 0.3) is 10.2 Å². The van der Waals surface area contributed by atoms with Gasteiger partial charge < -0.3 is 9.32 Å². The van der Waals surface area contributed by atoms with Crippen molar-refractivity contribution in [1.29, 1.82) is 5.26 Å². The van der Waals surface area contributed by atoms with Gasteiger partial charge in [-0.2, -0.15) is 10.4 Å². The van der Waals surface area contributed by atoms with Crippen molar-refractivity contribution in [3.05, 3.63) is 76.4 Å². The zero-order chi connectivity index (χ0) is 21.1. The van der Waals surface area contributed by atoms with Crippen LogP contribution in [0.2, 0.25) is 0 Å². The van der Waals surface area contributed by atoms with Gasteiger partial charge in [0.15, 0.2) is 0 Å². The number of thiophene rings is 1. The number of benzene rings is 1. The van der Waals surface area contributed by atoms with Crippen LogP contribution in [-0.2, 0) is 13.1 Å². The van der Waals surface area contributed by atoms with Gasteiger partial charge >= 0.3 is 0 Å². The fraction of sp³-hybridized carbons (Fsp3) is 0.227. The van der Waals surface area contributed by atoms with Gasteiger partial charge in [0.1, 0.15) is 16.4 Å². The molecule has 0 aliphatic rings. The molecule has 4 rings (SSSR count). The van der Waals surface area contributed by atoms with Crippen LogP contribution in [0.5, 0.6) is 0 Å². The van der Waals surface area contributed by atoms with Crippen molar-refractivity contribution >= 4 is 27.5 Å². The average Bonchev–Trinajstić information content (AvgIpc) is 3.46. The summed E-state index contributed by atoms with van der Waals surface area (Å²) in [6.45, 7) is 3.03. The second-order valence-corrected chi connectivity index (χ2v) is 7.94. The molecule has 0 fully saturated rings. The third kappa shape index (κ3) is 4.11. The van der Waals surface area contributed by atoms with E-state index < -0.39 is 0 Å². The van der Waals surface area contributed by atoms with E-state index in [-0.39, 0.29) is 18.1 Å². The van der Waals surface area contributed by atoms with Crippen molar-refractivity contribution in [2.45, 2.75) is 26.4 Å². The van der Waals surface area contributed by atoms with Gasteiger partial charge in [0, 0.05) is 11.9 Å². The molecule has 4 aromatic rings. The lowest BCUT2D eigenvalue weighted by molar-refractivity contribution is 0.0740. The lowest BCUT2D eigenvalue weighted by Gasteiger charge is -2.19. The van der Waals surface area contributed by atoms with Crippen molar-refractivity contribution in [3.63, 3.8) is 0 Å². The largest absolute Gasteiger partial charge is 0.467 e. The van der Waals surface area contributed by atoms with Crippen LogP contribution in [0.1, 0.15) is 33.1 Å². The number of carbonyl (C=O) groups excluding carboxylic acids is 1. The van der Waals surface area contributed by atoms with Crippen molar-refractivity contribution < 1.29 is 13.6 Å². The number of rotatable bonds is 7. The van der Waals surface area contributed by atoms with Gasteiger partial charge in [-0.3, -0.25) is 9.48 Å². The maximum atomic E-state index is 13.2. The van der Waals surface area contributed by atoms with Crippen LogP contribution < -0.4 is 0 Å². The van der Waals surface area contributed by atoms with Crippen LogP contribution in [0, 0.1) is 24.1 Å². The maximum Gasteiger partial charge on any atom is 0.264 e. The first kappa shape index (κ1) is 19.9. The summed E-state index contributed by atoms with van der Waals surface area (Å²) in [5.41, 5.74) is 1.76. The molecule has 6 nitrogen and oxygen atoms in total. The highest BCUT2D eigenvalue weighted by Gasteiger charge is 2.22. The monoisotopic (exact) mass is 422 g/mol. The maximum absolute atomic E-state index is 13.2. The summed E-state index contributed by atoms with van der Waals surface area (Å²) in [7, 11) is 0. The molecule has 0 saturated heterocycles. The molecular weight excluding hydrogens is 403 g/mol. The third-order valence-electron chi connectivity index (χ3n) is 4.77. The Hall–Kier alpha value is -3.44. The van der Waals surface area contributed by atoms with Crippen molar-refractivity contribution in [2.24, 2.45) is 0 Å². The fourth-order valence-electron chi connectivity index (χ4n) is 3.27. The predicted molar refractivity (Wildman–Crippen MR) is 112 cm³/mol. The lowest BCUT2D eigenvalue weighted by Crippen LogP contribution is -2.30. The number of aryl methyl sites for hydroxylation is 1. The number of amides is 1. The summed E-state index contributed by atoms with van der Waals surface area (Å²) in [4.78, 5) is 16.3. The highest BCUT2D eigenvalue weighted by Crippen LogP contribution is 2.30. The molecule has 1 aromatic carbocycles. The highest BCUT2D eigenvalue weighted by molar-refractivity contribution is 7.20. The second-order valence-electron chi connectivity index (χ2n) is 6.91. The van der Waals surface area contributed by atoms with E-state index in [4.69, 9.17) is 9.68 Å². The first-order valence-electron chi connectivity index (χ1n) is 9.45. The minimum Gasteiger partial charge on any atom is -0.467 e. The van der Waals surface area contributed by atoms with Crippen LogP contribution in [0.3, 0.4) is 0 Å². The minimum absolute atomic E-state index is 0.143. The Labute approximate surface area is 176 Å². The molecule has 0 spiro atoms. The predicted octanol–water partition coefficient (Wildman–Crippen LogP) is 4.74. The standard InChI is InChI=1S/C22H19FN4O2S/c1-15-19-12-20(21(28)26(10-3-9-24)14-18-4-2-11-29-18)30-22(19)27(25-15)13-16-5-7-17(23)8-6-16/h2,4-8,11-12H,3,10,13-14H2,1H3. The number of halogens is 1. The van der Waals surface area contributed by atoms with Crippen LogP contribution >= 0.6 is 11.3 Å². The van der Waals surface area contributed by atoms with Gasteiger partial charge in [0.2, 0.25) is 0 Å². The smallest absolute Gasteiger partial charge is 0.264 e. The molecule has 0 radical (unpaired) electrons. The fourth-order valence-corrected chi connectivity index (χ4v) is 4.40. The van der Waals surface area contributed by atoms with Gasteiger partial charge in [-0.1, -0.05) is 12.1 Å². The zero-order valence-corrected chi connectivity index (χ0v) is 17.2. The third-order valence-corrected chi connectivity index (χ3v) is 5.91. The van der Waals surface area contributed by atoms with Crippen LogP contribution in [0.15, 0.2) is 53.1 Å². The van der Waals surface area contributed by atoms with Crippen molar-refractivity contribution in [2.75, 3.05) is 6.54 Å². The number of hydrogen-bond donors (Lipinski definition) is 0. The Morgan fingerprint density at radius 2 is 2.13 bits per heavy atom. The molecule has 0 saturated carbocycles. The molecule has 3 aromatic heterocycles. The molecule has 1 amide bonds. The Morgan fingerprint density at radius 1 is 1.33 bits per heavy atom. The van der Waals surface area contributed by atoms with E-state index in [1.54, 1.807) is 29.4 Å². The Kier molecular flexibility index (Phi) is 5.63. The summed E-state index contributed by atoms with van der Waals surface area (Å²) in [6.07, 6.45) is 1.81. The average molecular weight is 422 g/mol. The second kappa shape index (κ2) is 8.51. The van der Waals surface area contributed by atoms with E-state index in [1.165, 1.54) is 23.5 Å². The molecule has 0 N–H and O–H groups in total. The number of furan rings is 1. The number of nitriles is 1. The summed E-state index contributed by atoms with van der Waals surface area (Å²) >= 11 is 1.37. The lowest BCUT2D eigenvalue weighted by atomic mass is 10.2. The van der Waals surface area contributed by atoms with Gasteiger partial charge in [-0.05, 0) is 42.8 Å². The SMILES string of the molecule is Cc1nn(Cc2ccc(F)cc2)c2sc(C(=O)N(CCC#N)Cc3ccco3)cc12. The van der Waals surface area contributed by atoms with E-state index in [2.05, 4.69) is 11.2 Å².